The Morgan fingerprint density at radius 1 is 0.478 bits per heavy atom. The molecule has 1 aromatic heterocycles. The summed E-state index contributed by atoms with van der Waals surface area (Å²) in [5.41, 5.74) is 12.8. The van der Waals surface area contributed by atoms with Crippen LogP contribution in [-0.2, 0) is 6.42 Å². The fourth-order valence-corrected chi connectivity index (χ4v) is 7.17. The highest BCUT2D eigenvalue weighted by molar-refractivity contribution is 6.21. The maximum atomic E-state index is 6.78. The van der Waals surface area contributed by atoms with Gasteiger partial charge in [-0.05, 0) is 71.0 Å². The first-order valence-electron chi connectivity index (χ1n) is 16.0. The molecule has 1 heterocycles. The molecule has 0 amide bonds. The highest BCUT2D eigenvalue weighted by Crippen LogP contribution is 2.46. The van der Waals surface area contributed by atoms with Gasteiger partial charge in [-0.1, -0.05) is 133 Å². The molecule has 0 atom stereocenters. The Morgan fingerprint density at radius 3 is 1.93 bits per heavy atom. The summed E-state index contributed by atoms with van der Waals surface area (Å²) < 4.78 is 6.78. The van der Waals surface area contributed by atoms with Crippen molar-refractivity contribution in [1.29, 1.82) is 0 Å². The Kier molecular flexibility index (Phi) is 6.31. The average Bonchev–Trinajstić information content (AvgIpc) is 3.52. The van der Waals surface area contributed by atoms with Gasteiger partial charge in [0.25, 0.3) is 0 Å². The molecule has 2 nitrogen and oxygen atoms in total. The van der Waals surface area contributed by atoms with E-state index in [4.69, 9.17) is 4.42 Å². The van der Waals surface area contributed by atoms with Crippen LogP contribution in [0.1, 0.15) is 17.5 Å². The van der Waals surface area contributed by atoms with Crippen molar-refractivity contribution in [3.63, 3.8) is 0 Å². The molecule has 218 valence electrons. The maximum Gasteiger partial charge on any atom is 0.143 e. The predicted molar refractivity (Wildman–Crippen MR) is 194 cm³/mol. The van der Waals surface area contributed by atoms with Crippen molar-refractivity contribution in [1.82, 2.24) is 0 Å². The zero-order chi connectivity index (χ0) is 30.5. The molecule has 46 heavy (non-hydrogen) atoms. The minimum atomic E-state index is 0.919. The topological polar surface area (TPSA) is 16.4 Å². The number of fused-ring (bicyclic) bond motifs is 6. The Morgan fingerprint density at radius 2 is 1.11 bits per heavy atom. The zero-order valence-corrected chi connectivity index (χ0v) is 25.4. The van der Waals surface area contributed by atoms with Gasteiger partial charge >= 0.3 is 0 Å². The molecule has 0 saturated carbocycles. The smallest absolute Gasteiger partial charge is 0.143 e. The predicted octanol–water partition coefficient (Wildman–Crippen LogP) is 12.5. The van der Waals surface area contributed by atoms with Gasteiger partial charge in [-0.25, -0.2) is 0 Å². The van der Waals surface area contributed by atoms with Gasteiger partial charge in [-0.15, -0.1) is 0 Å². The highest BCUT2D eigenvalue weighted by atomic mass is 16.3. The largest absolute Gasteiger partial charge is 0.455 e. The minimum Gasteiger partial charge on any atom is -0.455 e. The van der Waals surface area contributed by atoms with E-state index in [9.17, 15) is 0 Å². The second-order valence-electron chi connectivity index (χ2n) is 12.0. The van der Waals surface area contributed by atoms with E-state index >= 15 is 0 Å². The third-order valence-corrected chi connectivity index (χ3v) is 9.33. The SMILES string of the molecule is C1=Cc2cccc(-c3ccc(N(c4ccccc4)c4cc5c6cccc(-c7ccccc7)c6oc5c5ccccc45)cc3)c2CC1. The van der Waals surface area contributed by atoms with E-state index in [1.54, 1.807) is 0 Å². The Balaban J connectivity index is 1.26. The van der Waals surface area contributed by atoms with Crippen molar-refractivity contribution in [2.45, 2.75) is 12.8 Å². The molecule has 9 rings (SSSR count). The summed E-state index contributed by atoms with van der Waals surface area (Å²) in [4.78, 5) is 2.38. The molecular formula is C44H31NO. The molecule has 0 saturated heterocycles. The first-order chi connectivity index (χ1) is 22.8. The van der Waals surface area contributed by atoms with Crippen LogP contribution in [0.5, 0.6) is 0 Å². The average molecular weight is 590 g/mol. The fourth-order valence-electron chi connectivity index (χ4n) is 7.17. The van der Waals surface area contributed by atoms with E-state index < -0.39 is 0 Å². The quantitative estimate of drug-likeness (QED) is 0.199. The molecule has 0 N–H and O–H groups in total. The van der Waals surface area contributed by atoms with Crippen molar-refractivity contribution < 1.29 is 4.42 Å². The van der Waals surface area contributed by atoms with E-state index in [1.807, 2.05) is 0 Å². The van der Waals surface area contributed by atoms with Gasteiger partial charge in [0.1, 0.15) is 11.2 Å². The summed E-state index contributed by atoms with van der Waals surface area (Å²) >= 11 is 0. The van der Waals surface area contributed by atoms with Crippen molar-refractivity contribution in [3.8, 4) is 22.3 Å². The number of nitrogens with zero attached hydrogens (tertiary/aromatic N) is 1. The molecule has 0 unspecified atom stereocenters. The molecule has 2 heteroatoms. The molecule has 8 aromatic rings. The number of furan rings is 1. The van der Waals surface area contributed by atoms with Crippen LogP contribution in [0, 0.1) is 0 Å². The number of allylic oxidation sites excluding steroid dienone is 1. The molecular weight excluding hydrogens is 558 g/mol. The summed E-state index contributed by atoms with van der Waals surface area (Å²) in [6.07, 6.45) is 6.71. The standard InChI is InChI=1S/C44H31NO/c1-3-13-31(14-4-1)37-23-12-24-40-41-29-42(38-20-9-10-21-39(38)44(41)46-43(37)40)45(33-17-5-2-6-18-33)34-27-25-32(26-28-34)36-22-11-16-30-15-7-8-19-35(30)36/h1-7,9-18,20-29H,8,19H2. The fraction of sp³-hybridized carbons (Fsp3) is 0.0455. The van der Waals surface area contributed by atoms with Crippen LogP contribution in [-0.4, -0.2) is 0 Å². The summed E-state index contributed by atoms with van der Waals surface area (Å²) in [7, 11) is 0. The Hall–Kier alpha value is -5.86. The Bertz CT molecular complexity index is 2400. The lowest BCUT2D eigenvalue weighted by Crippen LogP contribution is -2.10. The van der Waals surface area contributed by atoms with Gasteiger partial charge in [-0.3, -0.25) is 0 Å². The van der Waals surface area contributed by atoms with Gasteiger partial charge in [-0.2, -0.15) is 0 Å². The molecule has 0 bridgehead atoms. The van der Waals surface area contributed by atoms with Crippen LogP contribution in [0.15, 0.2) is 162 Å². The number of benzene rings is 7. The van der Waals surface area contributed by atoms with E-state index in [1.165, 1.54) is 22.3 Å². The van der Waals surface area contributed by atoms with Gasteiger partial charge < -0.3 is 9.32 Å². The molecule has 0 radical (unpaired) electrons. The van der Waals surface area contributed by atoms with Crippen LogP contribution in [0.3, 0.4) is 0 Å². The number of rotatable bonds is 5. The van der Waals surface area contributed by atoms with Crippen LogP contribution in [0.4, 0.5) is 17.1 Å². The lowest BCUT2D eigenvalue weighted by atomic mass is 9.89. The summed E-state index contributed by atoms with van der Waals surface area (Å²) in [6, 6.07) is 54.3. The molecule has 1 aliphatic carbocycles. The normalized spacial score (nSPS) is 12.5. The number of hydrogen-bond acceptors (Lipinski definition) is 2. The lowest BCUT2D eigenvalue weighted by Gasteiger charge is -2.27. The van der Waals surface area contributed by atoms with Gasteiger partial charge in [0, 0.05) is 38.5 Å². The van der Waals surface area contributed by atoms with Crippen LogP contribution < -0.4 is 4.90 Å². The van der Waals surface area contributed by atoms with Crippen LogP contribution >= 0.6 is 0 Å². The summed E-state index contributed by atoms with van der Waals surface area (Å²) in [5.74, 6) is 0. The first kappa shape index (κ1) is 26.5. The second-order valence-corrected chi connectivity index (χ2v) is 12.0. The lowest BCUT2D eigenvalue weighted by molar-refractivity contribution is 0.674. The molecule has 0 spiro atoms. The van der Waals surface area contributed by atoms with Crippen molar-refractivity contribution in [2.24, 2.45) is 0 Å². The maximum absolute atomic E-state index is 6.78. The number of para-hydroxylation sites is 2. The summed E-state index contributed by atoms with van der Waals surface area (Å²) in [6.45, 7) is 0. The van der Waals surface area contributed by atoms with E-state index in [2.05, 4.69) is 169 Å². The first-order valence-corrected chi connectivity index (χ1v) is 16.0. The Labute approximate surface area is 268 Å². The van der Waals surface area contributed by atoms with Crippen molar-refractivity contribution in [3.05, 3.63) is 169 Å². The van der Waals surface area contributed by atoms with Gasteiger partial charge in [0.05, 0.1) is 5.69 Å². The molecule has 1 aliphatic rings. The molecule has 0 fully saturated rings. The van der Waals surface area contributed by atoms with E-state index in [0.717, 1.165) is 73.7 Å². The number of hydrogen-bond donors (Lipinski definition) is 0. The monoisotopic (exact) mass is 589 g/mol. The van der Waals surface area contributed by atoms with Crippen LogP contribution in [0.25, 0.3) is 61.0 Å². The van der Waals surface area contributed by atoms with Gasteiger partial charge in [0.2, 0.25) is 0 Å². The summed E-state index contributed by atoms with van der Waals surface area (Å²) in [5, 5.41) is 4.48. The van der Waals surface area contributed by atoms with E-state index in [0.29, 0.717) is 0 Å². The highest BCUT2D eigenvalue weighted by Gasteiger charge is 2.21. The van der Waals surface area contributed by atoms with Crippen LogP contribution in [0.2, 0.25) is 0 Å². The second kappa shape index (κ2) is 10.9. The third-order valence-electron chi connectivity index (χ3n) is 9.33. The van der Waals surface area contributed by atoms with E-state index in [-0.39, 0.29) is 0 Å². The molecule has 0 aliphatic heterocycles. The van der Waals surface area contributed by atoms with Gasteiger partial charge in [0.15, 0.2) is 0 Å². The van der Waals surface area contributed by atoms with Crippen molar-refractivity contribution in [2.75, 3.05) is 4.90 Å². The zero-order valence-electron chi connectivity index (χ0n) is 25.4. The third kappa shape index (κ3) is 4.34. The minimum absolute atomic E-state index is 0.919. The van der Waals surface area contributed by atoms with Crippen molar-refractivity contribution >= 4 is 55.8 Å². The number of anilines is 3. The molecule has 7 aromatic carbocycles.